The van der Waals surface area contributed by atoms with E-state index in [0.29, 0.717) is 21.5 Å². The molecule has 21 heavy (non-hydrogen) atoms. The molecule has 0 atom stereocenters. The monoisotopic (exact) mass is 313 g/mol. The van der Waals surface area contributed by atoms with E-state index in [1.807, 2.05) is 17.5 Å². The van der Waals surface area contributed by atoms with E-state index in [-0.39, 0.29) is 11.4 Å². The minimum absolute atomic E-state index is 0.255. The van der Waals surface area contributed by atoms with Gasteiger partial charge in [-0.05, 0) is 35.7 Å². The molecule has 2 heterocycles. The van der Waals surface area contributed by atoms with Gasteiger partial charge in [-0.2, -0.15) is 5.26 Å². The van der Waals surface area contributed by atoms with Crippen molar-refractivity contribution in [2.45, 2.75) is 0 Å². The van der Waals surface area contributed by atoms with E-state index in [4.69, 9.17) is 11.6 Å². The summed E-state index contributed by atoms with van der Waals surface area (Å²) in [5, 5.41) is 12.1. The van der Waals surface area contributed by atoms with Crippen molar-refractivity contribution in [3.05, 3.63) is 61.8 Å². The first kappa shape index (κ1) is 13.6. The molecule has 4 nitrogen and oxygen atoms in total. The third-order valence-corrected chi connectivity index (χ3v) is 3.93. The van der Waals surface area contributed by atoms with Crippen LogP contribution < -0.4 is 5.56 Å². The summed E-state index contributed by atoms with van der Waals surface area (Å²) < 4.78 is 0. The number of benzene rings is 1. The Morgan fingerprint density at radius 1 is 1.43 bits per heavy atom. The Bertz CT molecular complexity index is 936. The average Bonchev–Trinajstić information content (AvgIpc) is 2.98. The third-order valence-electron chi connectivity index (χ3n) is 2.87. The topological polar surface area (TPSA) is 69.5 Å². The van der Waals surface area contributed by atoms with Crippen molar-refractivity contribution < 1.29 is 0 Å². The molecule has 0 saturated carbocycles. The van der Waals surface area contributed by atoms with E-state index in [1.165, 1.54) is 11.3 Å². The lowest BCUT2D eigenvalue weighted by Gasteiger charge is -2.02. The molecule has 6 heteroatoms. The molecule has 0 radical (unpaired) electrons. The highest BCUT2D eigenvalue weighted by Crippen LogP contribution is 2.20. The number of allylic oxidation sites excluding steroid dienone is 1. The number of fused-ring (bicyclic) bond motifs is 1. The molecule has 0 saturated heterocycles. The number of nitriles is 1. The molecule has 0 aliphatic carbocycles. The highest BCUT2D eigenvalue weighted by molar-refractivity contribution is 7.10. The fourth-order valence-electron chi connectivity index (χ4n) is 1.91. The Hall–Kier alpha value is -2.42. The van der Waals surface area contributed by atoms with E-state index < -0.39 is 0 Å². The second kappa shape index (κ2) is 5.52. The summed E-state index contributed by atoms with van der Waals surface area (Å²) in [4.78, 5) is 20.0. The predicted octanol–water partition coefficient (Wildman–Crippen LogP) is 3.70. The van der Waals surface area contributed by atoms with Crippen molar-refractivity contribution in [3.8, 4) is 6.07 Å². The maximum Gasteiger partial charge on any atom is 0.259 e. The fraction of sp³-hybridized carbons (Fsp3) is 0. The molecule has 0 spiro atoms. The summed E-state index contributed by atoms with van der Waals surface area (Å²) >= 11 is 7.38. The maximum absolute atomic E-state index is 12.1. The van der Waals surface area contributed by atoms with Crippen LogP contribution in [0, 0.1) is 11.3 Å². The number of rotatable bonds is 2. The number of aromatic nitrogens is 2. The molecule has 0 aliphatic heterocycles. The number of hydrogen-bond donors (Lipinski definition) is 1. The number of hydrogen-bond acceptors (Lipinski definition) is 4. The highest BCUT2D eigenvalue weighted by Gasteiger charge is 2.09. The molecule has 3 rings (SSSR count). The standard InChI is InChI=1S/C15H8ClN3OS/c16-10-3-4-13-12(7-10)15(20)19-14(18-13)9(8-17)6-11-2-1-5-21-11/h1-7H,(H,18,19,20)/b9-6+. The first-order chi connectivity index (χ1) is 10.2. The van der Waals surface area contributed by atoms with Gasteiger partial charge in [-0.1, -0.05) is 17.7 Å². The first-order valence-electron chi connectivity index (χ1n) is 6.02. The van der Waals surface area contributed by atoms with Crippen LogP contribution in [0.25, 0.3) is 22.6 Å². The molecule has 0 bridgehead atoms. The van der Waals surface area contributed by atoms with Crippen LogP contribution in [-0.4, -0.2) is 9.97 Å². The number of H-pyrrole nitrogens is 1. The average molecular weight is 314 g/mol. The van der Waals surface area contributed by atoms with Gasteiger partial charge in [0.25, 0.3) is 5.56 Å². The minimum atomic E-state index is -0.315. The second-order valence-electron chi connectivity index (χ2n) is 4.26. The van der Waals surface area contributed by atoms with Gasteiger partial charge in [0.2, 0.25) is 0 Å². The zero-order valence-electron chi connectivity index (χ0n) is 10.6. The molecule has 1 aromatic carbocycles. The number of aromatic amines is 1. The summed E-state index contributed by atoms with van der Waals surface area (Å²) in [6.45, 7) is 0. The number of nitrogens with one attached hydrogen (secondary N) is 1. The number of thiophene rings is 1. The molecule has 0 unspecified atom stereocenters. The Morgan fingerprint density at radius 3 is 3.00 bits per heavy atom. The summed E-state index contributed by atoms with van der Waals surface area (Å²) in [6.07, 6.45) is 1.70. The molecule has 3 aromatic rings. The van der Waals surface area contributed by atoms with Crippen molar-refractivity contribution in [3.63, 3.8) is 0 Å². The Morgan fingerprint density at radius 2 is 2.29 bits per heavy atom. The van der Waals surface area contributed by atoms with Gasteiger partial charge in [0.15, 0.2) is 5.82 Å². The van der Waals surface area contributed by atoms with Crippen LogP contribution in [-0.2, 0) is 0 Å². The van der Waals surface area contributed by atoms with Crippen LogP contribution in [0.1, 0.15) is 10.7 Å². The van der Waals surface area contributed by atoms with Crippen LogP contribution >= 0.6 is 22.9 Å². The summed E-state index contributed by atoms with van der Waals surface area (Å²) in [5.41, 5.74) is 0.502. The van der Waals surface area contributed by atoms with E-state index in [9.17, 15) is 10.1 Å². The lowest BCUT2D eigenvalue weighted by Crippen LogP contribution is -2.11. The van der Waals surface area contributed by atoms with Crippen LogP contribution in [0.2, 0.25) is 5.02 Å². The molecular formula is C15H8ClN3OS. The van der Waals surface area contributed by atoms with E-state index in [0.717, 1.165) is 4.88 Å². The van der Waals surface area contributed by atoms with Crippen molar-refractivity contribution >= 4 is 45.5 Å². The summed E-state index contributed by atoms with van der Waals surface area (Å²) in [7, 11) is 0. The molecular weight excluding hydrogens is 306 g/mol. The molecule has 0 amide bonds. The molecule has 102 valence electrons. The van der Waals surface area contributed by atoms with Gasteiger partial charge in [0.1, 0.15) is 6.07 Å². The predicted molar refractivity (Wildman–Crippen MR) is 85.2 cm³/mol. The van der Waals surface area contributed by atoms with Crippen LogP contribution in [0.3, 0.4) is 0 Å². The van der Waals surface area contributed by atoms with Gasteiger partial charge in [-0.15, -0.1) is 11.3 Å². The van der Waals surface area contributed by atoms with Gasteiger partial charge in [0, 0.05) is 9.90 Å². The number of nitrogens with zero attached hydrogens (tertiary/aromatic N) is 2. The molecule has 0 fully saturated rings. The largest absolute Gasteiger partial charge is 0.305 e. The SMILES string of the molecule is N#C/C(=C\c1cccs1)c1nc2ccc(Cl)cc2c(=O)[nH]1. The van der Waals surface area contributed by atoms with Crippen molar-refractivity contribution in [2.75, 3.05) is 0 Å². The minimum Gasteiger partial charge on any atom is -0.305 e. The van der Waals surface area contributed by atoms with Gasteiger partial charge in [0.05, 0.1) is 16.5 Å². The van der Waals surface area contributed by atoms with Crippen LogP contribution in [0.4, 0.5) is 0 Å². The maximum atomic E-state index is 12.1. The van der Waals surface area contributed by atoms with Crippen molar-refractivity contribution in [2.24, 2.45) is 0 Å². The third kappa shape index (κ3) is 2.72. The van der Waals surface area contributed by atoms with Crippen molar-refractivity contribution in [1.82, 2.24) is 9.97 Å². The molecule has 1 N–H and O–H groups in total. The van der Waals surface area contributed by atoms with E-state index >= 15 is 0 Å². The zero-order valence-corrected chi connectivity index (χ0v) is 12.2. The lowest BCUT2D eigenvalue weighted by atomic mass is 10.2. The Balaban J connectivity index is 2.19. The molecule has 2 aromatic heterocycles. The van der Waals surface area contributed by atoms with E-state index in [1.54, 1.807) is 24.3 Å². The molecule has 0 aliphatic rings. The quantitative estimate of drug-likeness (QED) is 0.733. The summed E-state index contributed by atoms with van der Waals surface area (Å²) in [6, 6.07) is 10.7. The zero-order chi connectivity index (χ0) is 14.8. The second-order valence-corrected chi connectivity index (χ2v) is 5.68. The van der Waals surface area contributed by atoms with Gasteiger partial charge < -0.3 is 4.98 Å². The van der Waals surface area contributed by atoms with Gasteiger partial charge in [-0.25, -0.2) is 4.98 Å². The van der Waals surface area contributed by atoms with E-state index in [2.05, 4.69) is 16.0 Å². The number of halogens is 1. The van der Waals surface area contributed by atoms with Gasteiger partial charge >= 0.3 is 0 Å². The Labute approximate surface area is 129 Å². The first-order valence-corrected chi connectivity index (χ1v) is 7.28. The fourth-order valence-corrected chi connectivity index (χ4v) is 2.74. The van der Waals surface area contributed by atoms with Gasteiger partial charge in [-0.3, -0.25) is 4.79 Å². The van der Waals surface area contributed by atoms with Crippen LogP contribution in [0.5, 0.6) is 0 Å². The van der Waals surface area contributed by atoms with Crippen molar-refractivity contribution in [1.29, 1.82) is 5.26 Å². The Kier molecular flexibility index (Phi) is 3.57. The lowest BCUT2D eigenvalue weighted by molar-refractivity contribution is 1.13. The van der Waals surface area contributed by atoms with Crippen LogP contribution in [0.15, 0.2) is 40.5 Å². The highest BCUT2D eigenvalue weighted by atomic mass is 35.5. The smallest absolute Gasteiger partial charge is 0.259 e. The summed E-state index contributed by atoms with van der Waals surface area (Å²) in [5.74, 6) is 0.255. The normalized spacial score (nSPS) is 11.5.